The van der Waals surface area contributed by atoms with Gasteiger partial charge >= 0.3 is 0 Å². The number of amides is 1. The quantitative estimate of drug-likeness (QED) is 0.852. The van der Waals surface area contributed by atoms with Crippen LogP contribution in [0.5, 0.6) is 0 Å². The van der Waals surface area contributed by atoms with Crippen LogP contribution in [0.4, 0.5) is 0 Å². The third kappa shape index (κ3) is 3.09. The number of hydrogen-bond donors (Lipinski definition) is 0. The second-order valence-electron chi connectivity index (χ2n) is 6.51. The predicted octanol–water partition coefficient (Wildman–Crippen LogP) is 3.18. The van der Waals surface area contributed by atoms with Crippen LogP contribution in [0, 0.1) is 0 Å². The Balaban J connectivity index is 1.61. The molecule has 2 bridgehead atoms. The highest BCUT2D eigenvalue weighted by molar-refractivity contribution is 5.77. The van der Waals surface area contributed by atoms with Crippen LogP contribution in [0.25, 0.3) is 5.57 Å². The van der Waals surface area contributed by atoms with E-state index in [1.807, 2.05) is 6.92 Å². The van der Waals surface area contributed by atoms with Gasteiger partial charge < -0.3 is 4.90 Å². The van der Waals surface area contributed by atoms with Crippen molar-refractivity contribution in [2.75, 3.05) is 19.6 Å². The maximum atomic E-state index is 12.1. The monoisotopic (exact) mass is 298 g/mol. The molecule has 2 aliphatic rings. The molecule has 0 aliphatic carbocycles. The van der Waals surface area contributed by atoms with Crippen molar-refractivity contribution in [3.8, 4) is 0 Å². The Morgan fingerprint density at radius 3 is 2.41 bits per heavy atom. The highest BCUT2D eigenvalue weighted by atomic mass is 16.2. The summed E-state index contributed by atoms with van der Waals surface area (Å²) in [5.74, 6) is 0.336. The smallest absolute Gasteiger partial charge is 0.222 e. The van der Waals surface area contributed by atoms with Crippen LogP contribution in [-0.4, -0.2) is 47.4 Å². The van der Waals surface area contributed by atoms with E-state index in [1.54, 1.807) is 0 Å². The molecule has 0 radical (unpaired) electrons. The number of carbonyl (C=O) groups excluding carboxylic acids is 1. The number of piperazine rings is 1. The lowest BCUT2D eigenvalue weighted by molar-refractivity contribution is -0.136. The summed E-state index contributed by atoms with van der Waals surface area (Å²) in [5, 5.41) is 0. The fourth-order valence-electron chi connectivity index (χ4n) is 3.81. The molecule has 3 heteroatoms. The first-order valence-electron chi connectivity index (χ1n) is 8.44. The van der Waals surface area contributed by atoms with E-state index in [0.717, 1.165) is 19.6 Å². The van der Waals surface area contributed by atoms with Crippen LogP contribution in [-0.2, 0) is 4.79 Å². The van der Waals surface area contributed by atoms with E-state index in [2.05, 4.69) is 53.1 Å². The highest BCUT2D eigenvalue weighted by Gasteiger charge is 2.41. The molecule has 1 amide bonds. The van der Waals surface area contributed by atoms with Crippen molar-refractivity contribution in [1.29, 1.82) is 0 Å². The maximum absolute atomic E-state index is 12.1. The van der Waals surface area contributed by atoms with Gasteiger partial charge in [-0.3, -0.25) is 9.69 Å². The molecule has 1 aromatic rings. The maximum Gasteiger partial charge on any atom is 0.222 e. The Hall–Kier alpha value is -1.61. The van der Waals surface area contributed by atoms with Crippen LogP contribution in [0.1, 0.15) is 38.7 Å². The van der Waals surface area contributed by atoms with Gasteiger partial charge in [-0.1, -0.05) is 43.3 Å². The molecule has 1 aromatic carbocycles. The van der Waals surface area contributed by atoms with Crippen LogP contribution < -0.4 is 0 Å². The molecule has 0 saturated carbocycles. The van der Waals surface area contributed by atoms with Crippen molar-refractivity contribution >= 4 is 11.5 Å². The summed E-state index contributed by atoms with van der Waals surface area (Å²) in [5.41, 5.74) is 2.63. The molecular weight excluding hydrogens is 272 g/mol. The van der Waals surface area contributed by atoms with Crippen molar-refractivity contribution in [2.24, 2.45) is 0 Å². The zero-order chi connectivity index (χ0) is 15.5. The van der Waals surface area contributed by atoms with Gasteiger partial charge in [-0.15, -0.1) is 0 Å². The van der Waals surface area contributed by atoms with Gasteiger partial charge in [-0.25, -0.2) is 0 Å². The lowest BCUT2D eigenvalue weighted by Gasteiger charge is -2.40. The normalized spacial score (nSPS) is 25.5. The van der Waals surface area contributed by atoms with Gasteiger partial charge in [0.15, 0.2) is 0 Å². The summed E-state index contributed by atoms with van der Waals surface area (Å²) in [7, 11) is 0. The van der Waals surface area contributed by atoms with Crippen molar-refractivity contribution < 1.29 is 4.79 Å². The number of hydrogen-bond acceptors (Lipinski definition) is 2. The minimum atomic E-state index is 0.336. The van der Waals surface area contributed by atoms with Gasteiger partial charge in [-0.2, -0.15) is 0 Å². The zero-order valence-corrected chi connectivity index (χ0v) is 13.7. The van der Waals surface area contributed by atoms with E-state index in [-0.39, 0.29) is 0 Å². The van der Waals surface area contributed by atoms with E-state index < -0.39 is 0 Å². The summed E-state index contributed by atoms with van der Waals surface area (Å²) in [6.07, 6.45) is 5.31. The minimum Gasteiger partial charge on any atom is -0.334 e. The molecule has 22 heavy (non-hydrogen) atoms. The van der Waals surface area contributed by atoms with Gasteiger partial charge in [-0.05, 0) is 30.9 Å². The standard InChI is InChI=1S/C19H26N2O/c1-3-19(22)21-17-9-10-18(21)14-20(13-17)12-11-15(2)16-7-5-4-6-8-16/h4-8,11,17-18H,3,9-10,12-14H2,1-2H3/b15-11-. The Morgan fingerprint density at radius 1 is 1.18 bits per heavy atom. The lowest BCUT2D eigenvalue weighted by Crippen LogP contribution is -2.55. The molecule has 2 fully saturated rings. The number of allylic oxidation sites excluding steroid dienone is 1. The number of fused-ring (bicyclic) bond motifs is 2. The average Bonchev–Trinajstić information content (AvgIpc) is 2.83. The Kier molecular flexibility index (Phi) is 4.63. The van der Waals surface area contributed by atoms with E-state index in [9.17, 15) is 4.79 Å². The van der Waals surface area contributed by atoms with Gasteiger partial charge in [0, 0.05) is 38.1 Å². The molecule has 2 atom stereocenters. The first kappa shape index (κ1) is 15.3. The topological polar surface area (TPSA) is 23.6 Å². The van der Waals surface area contributed by atoms with E-state index in [0.29, 0.717) is 24.4 Å². The van der Waals surface area contributed by atoms with Crippen LogP contribution in [0.15, 0.2) is 36.4 Å². The molecule has 2 unspecified atom stereocenters. The van der Waals surface area contributed by atoms with E-state index in [4.69, 9.17) is 0 Å². The van der Waals surface area contributed by atoms with Gasteiger partial charge in [0.2, 0.25) is 5.91 Å². The van der Waals surface area contributed by atoms with Crippen LogP contribution in [0.3, 0.4) is 0 Å². The number of carbonyl (C=O) groups is 1. The number of rotatable bonds is 4. The van der Waals surface area contributed by atoms with Crippen LogP contribution >= 0.6 is 0 Å². The number of benzene rings is 1. The molecule has 2 aliphatic heterocycles. The molecule has 0 spiro atoms. The van der Waals surface area contributed by atoms with Crippen molar-refractivity contribution in [1.82, 2.24) is 9.80 Å². The fraction of sp³-hybridized carbons (Fsp3) is 0.526. The third-order valence-corrected chi connectivity index (χ3v) is 5.03. The zero-order valence-electron chi connectivity index (χ0n) is 13.7. The molecule has 118 valence electrons. The summed E-state index contributed by atoms with van der Waals surface area (Å²) in [6, 6.07) is 11.4. The van der Waals surface area contributed by atoms with Gasteiger partial charge in [0.05, 0.1) is 0 Å². The summed E-state index contributed by atoms with van der Waals surface area (Å²) in [4.78, 5) is 16.8. The molecular formula is C19H26N2O. The second kappa shape index (κ2) is 6.66. The first-order chi connectivity index (χ1) is 10.7. The lowest BCUT2D eigenvalue weighted by atomic mass is 10.1. The average molecular weight is 298 g/mol. The first-order valence-corrected chi connectivity index (χ1v) is 8.44. The molecule has 0 N–H and O–H groups in total. The van der Waals surface area contributed by atoms with Gasteiger partial charge in [0.25, 0.3) is 0 Å². The minimum absolute atomic E-state index is 0.336. The summed E-state index contributed by atoms with van der Waals surface area (Å²) < 4.78 is 0. The third-order valence-electron chi connectivity index (χ3n) is 5.03. The highest BCUT2D eigenvalue weighted by Crippen LogP contribution is 2.30. The predicted molar refractivity (Wildman–Crippen MR) is 90.5 cm³/mol. The van der Waals surface area contributed by atoms with E-state index in [1.165, 1.54) is 24.0 Å². The Bertz CT molecular complexity index is 538. The SMILES string of the molecule is CCC(=O)N1C2CCC1CN(C/C=C(/C)c1ccccc1)C2. The molecule has 3 nitrogen and oxygen atoms in total. The Labute approximate surface area is 133 Å². The summed E-state index contributed by atoms with van der Waals surface area (Å²) in [6.45, 7) is 7.20. The fourth-order valence-corrected chi connectivity index (χ4v) is 3.81. The van der Waals surface area contributed by atoms with Crippen molar-refractivity contribution in [3.05, 3.63) is 42.0 Å². The van der Waals surface area contributed by atoms with Crippen molar-refractivity contribution in [3.63, 3.8) is 0 Å². The number of likely N-dealkylation sites (tertiary alicyclic amines) is 1. The van der Waals surface area contributed by atoms with Crippen molar-refractivity contribution in [2.45, 2.75) is 45.2 Å². The Morgan fingerprint density at radius 2 is 1.82 bits per heavy atom. The molecule has 3 rings (SSSR count). The summed E-state index contributed by atoms with van der Waals surface area (Å²) >= 11 is 0. The number of nitrogens with zero attached hydrogens (tertiary/aromatic N) is 2. The second-order valence-corrected chi connectivity index (χ2v) is 6.51. The van der Waals surface area contributed by atoms with Crippen LogP contribution in [0.2, 0.25) is 0 Å². The molecule has 0 aromatic heterocycles. The van der Waals surface area contributed by atoms with Gasteiger partial charge in [0.1, 0.15) is 0 Å². The molecule has 2 saturated heterocycles. The van der Waals surface area contributed by atoms with E-state index >= 15 is 0 Å². The largest absolute Gasteiger partial charge is 0.334 e. The molecule has 2 heterocycles.